The Bertz CT molecular complexity index is 356. The first-order chi connectivity index (χ1) is 7.20. The molecule has 4 heteroatoms. The van der Waals surface area contributed by atoms with Gasteiger partial charge in [0, 0.05) is 24.8 Å². The monoisotopic (exact) mass is 270 g/mol. The van der Waals surface area contributed by atoms with Gasteiger partial charge in [0.25, 0.3) is 0 Å². The molecule has 1 aromatic carbocycles. The molecule has 0 bridgehead atoms. The van der Waals surface area contributed by atoms with Crippen LogP contribution in [-0.4, -0.2) is 26.2 Å². The van der Waals surface area contributed by atoms with Gasteiger partial charge in [-0.3, -0.25) is 0 Å². The van der Waals surface area contributed by atoms with Crippen LogP contribution in [0.3, 0.4) is 0 Å². The molecule has 1 saturated heterocycles. The molecule has 1 atom stereocenters. The van der Waals surface area contributed by atoms with Gasteiger partial charge in [-0.1, -0.05) is 0 Å². The van der Waals surface area contributed by atoms with Crippen LogP contribution in [0, 0.1) is 0 Å². The van der Waals surface area contributed by atoms with E-state index in [0.717, 1.165) is 29.7 Å². The van der Waals surface area contributed by atoms with Crippen molar-refractivity contribution in [1.82, 2.24) is 0 Å². The summed E-state index contributed by atoms with van der Waals surface area (Å²) in [5, 5.41) is 0. The molecule has 0 radical (unpaired) electrons. The minimum absolute atomic E-state index is 0.311. The molecule has 0 spiro atoms. The van der Waals surface area contributed by atoms with E-state index < -0.39 is 0 Å². The molecule has 0 aliphatic carbocycles. The van der Waals surface area contributed by atoms with Gasteiger partial charge in [-0.2, -0.15) is 0 Å². The van der Waals surface area contributed by atoms with Crippen molar-refractivity contribution < 1.29 is 4.74 Å². The van der Waals surface area contributed by atoms with Crippen LogP contribution in [0.1, 0.15) is 6.42 Å². The van der Waals surface area contributed by atoms with Gasteiger partial charge in [0.2, 0.25) is 0 Å². The Kier molecular flexibility index (Phi) is 3.17. The van der Waals surface area contributed by atoms with Crippen molar-refractivity contribution in [2.75, 3.05) is 25.1 Å². The van der Waals surface area contributed by atoms with E-state index in [-0.39, 0.29) is 0 Å². The summed E-state index contributed by atoms with van der Waals surface area (Å²) < 4.78 is 6.18. The average Bonchev–Trinajstić information content (AvgIpc) is 2.65. The van der Waals surface area contributed by atoms with Crippen molar-refractivity contribution >= 4 is 21.6 Å². The maximum Gasteiger partial charge on any atom is 0.133 e. The van der Waals surface area contributed by atoms with Gasteiger partial charge in [-0.05, 0) is 40.5 Å². The van der Waals surface area contributed by atoms with Gasteiger partial charge < -0.3 is 15.4 Å². The Balaban J connectivity index is 2.19. The largest absolute Gasteiger partial charge is 0.496 e. The minimum atomic E-state index is 0.311. The van der Waals surface area contributed by atoms with Crippen molar-refractivity contribution in [3.05, 3.63) is 22.7 Å². The Morgan fingerprint density at radius 1 is 1.53 bits per heavy atom. The molecule has 1 fully saturated rings. The lowest BCUT2D eigenvalue weighted by Crippen LogP contribution is -2.26. The lowest BCUT2D eigenvalue weighted by atomic mass is 10.3. The third kappa shape index (κ3) is 2.26. The summed E-state index contributed by atoms with van der Waals surface area (Å²) in [7, 11) is 1.67. The summed E-state index contributed by atoms with van der Waals surface area (Å²) in [6.45, 7) is 1.98. The highest BCUT2D eigenvalue weighted by atomic mass is 79.9. The molecule has 3 nitrogen and oxygen atoms in total. The quantitative estimate of drug-likeness (QED) is 0.894. The zero-order valence-corrected chi connectivity index (χ0v) is 10.3. The highest BCUT2D eigenvalue weighted by molar-refractivity contribution is 9.10. The molecule has 82 valence electrons. The second-order valence-electron chi connectivity index (χ2n) is 3.81. The highest BCUT2D eigenvalue weighted by Gasteiger charge is 2.19. The van der Waals surface area contributed by atoms with Crippen molar-refractivity contribution in [3.8, 4) is 5.75 Å². The van der Waals surface area contributed by atoms with E-state index in [9.17, 15) is 0 Å². The highest BCUT2D eigenvalue weighted by Crippen LogP contribution is 2.30. The normalized spacial score (nSPS) is 20.7. The van der Waals surface area contributed by atoms with Crippen molar-refractivity contribution in [3.63, 3.8) is 0 Å². The molecular weight excluding hydrogens is 256 g/mol. The number of anilines is 1. The molecule has 1 unspecified atom stereocenters. The molecule has 0 amide bonds. The standard InChI is InChI=1S/C11H15BrN2O/c1-15-11-3-2-9(6-10(11)12)14-5-4-8(13)7-14/h2-3,6,8H,4-5,7,13H2,1H3. The van der Waals surface area contributed by atoms with Gasteiger partial charge in [-0.15, -0.1) is 0 Å². The van der Waals surface area contributed by atoms with E-state index in [0.29, 0.717) is 6.04 Å². The SMILES string of the molecule is COc1ccc(N2CCC(N)C2)cc1Br. The van der Waals surface area contributed by atoms with E-state index in [1.165, 1.54) is 5.69 Å². The van der Waals surface area contributed by atoms with Crippen LogP contribution in [0.4, 0.5) is 5.69 Å². The van der Waals surface area contributed by atoms with Crippen LogP contribution in [0.2, 0.25) is 0 Å². The number of hydrogen-bond acceptors (Lipinski definition) is 3. The smallest absolute Gasteiger partial charge is 0.133 e. The van der Waals surface area contributed by atoms with Crippen molar-refractivity contribution in [2.24, 2.45) is 5.73 Å². The first kappa shape index (κ1) is 10.8. The molecule has 2 N–H and O–H groups in total. The Morgan fingerprint density at radius 2 is 2.33 bits per heavy atom. The van der Waals surface area contributed by atoms with E-state index in [1.54, 1.807) is 7.11 Å². The summed E-state index contributed by atoms with van der Waals surface area (Å²) in [5.74, 6) is 0.863. The molecule has 0 aromatic heterocycles. The fourth-order valence-electron chi connectivity index (χ4n) is 1.87. The third-order valence-corrected chi connectivity index (χ3v) is 3.34. The number of halogens is 1. The van der Waals surface area contributed by atoms with Crippen LogP contribution < -0.4 is 15.4 Å². The first-order valence-electron chi connectivity index (χ1n) is 5.05. The van der Waals surface area contributed by atoms with E-state index in [4.69, 9.17) is 10.5 Å². The topological polar surface area (TPSA) is 38.5 Å². The Labute approximate surface area is 98.3 Å². The maximum absolute atomic E-state index is 5.88. The van der Waals surface area contributed by atoms with Gasteiger partial charge >= 0.3 is 0 Å². The summed E-state index contributed by atoms with van der Waals surface area (Å²) >= 11 is 3.49. The fourth-order valence-corrected chi connectivity index (χ4v) is 2.40. The predicted octanol–water partition coefficient (Wildman–Crippen LogP) is 2.00. The van der Waals surface area contributed by atoms with Crippen LogP contribution in [0.15, 0.2) is 22.7 Å². The van der Waals surface area contributed by atoms with Crippen LogP contribution in [0.5, 0.6) is 5.75 Å². The van der Waals surface area contributed by atoms with Gasteiger partial charge in [0.1, 0.15) is 5.75 Å². The van der Waals surface area contributed by atoms with E-state index >= 15 is 0 Å². The zero-order valence-electron chi connectivity index (χ0n) is 8.74. The maximum atomic E-state index is 5.88. The molecule has 1 heterocycles. The number of hydrogen-bond donors (Lipinski definition) is 1. The molecule has 2 rings (SSSR count). The second-order valence-corrected chi connectivity index (χ2v) is 4.67. The minimum Gasteiger partial charge on any atom is -0.496 e. The fraction of sp³-hybridized carbons (Fsp3) is 0.455. The van der Waals surface area contributed by atoms with Crippen molar-refractivity contribution in [1.29, 1.82) is 0 Å². The van der Waals surface area contributed by atoms with Crippen LogP contribution in [0.25, 0.3) is 0 Å². The number of rotatable bonds is 2. The molecule has 15 heavy (non-hydrogen) atoms. The first-order valence-corrected chi connectivity index (χ1v) is 5.84. The number of methoxy groups -OCH3 is 1. The number of nitrogens with two attached hydrogens (primary N) is 1. The predicted molar refractivity (Wildman–Crippen MR) is 65.5 cm³/mol. The van der Waals surface area contributed by atoms with Gasteiger partial charge in [-0.25, -0.2) is 0 Å². The second kappa shape index (κ2) is 4.41. The average molecular weight is 271 g/mol. The third-order valence-electron chi connectivity index (χ3n) is 2.73. The van der Waals surface area contributed by atoms with Gasteiger partial charge in [0.15, 0.2) is 0 Å². The molecule has 1 aromatic rings. The van der Waals surface area contributed by atoms with E-state index in [2.05, 4.69) is 33.0 Å². The van der Waals surface area contributed by atoms with Gasteiger partial charge in [0.05, 0.1) is 11.6 Å². The number of nitrogens with zero attached hydrogens (tertiary/aromatic N) is 1. The Morgan fingerprint density at radius 3 is 2.87 bits per heavy atom. The molecule has 0 saturated carbocycles. The lowest BCUT2D eigenvalue weighted by Gasteiger charge is -2.18. The molecular formula is C11H15BrN2O. The molecule has 1 aliphatic heterocycles. The van der Waals surface area contributed by atoms with Crippen LogP contribution in [-0.2, 0) is 0 Å². The summed E-state index contributed by atoms with van der Waals surface area (Å²) in [5.41, 5.74) is 7.08. The Hall–Kier alpha value is -0.740. The lowest BCUT2D eigenvalue weighted by molar-refractivity contribution is 0.412. The summed E-state index contributed by atoms with van der Waals surface area (Å²) in [6.07, 6.45) is 1.07. The summed E-state index contributed by atoms with van der Waals surface area (Å²) in [6, 6.07) is 6.44. The zero-order chi connectivity index (χ0) is 10.8. The van der Waals surface area contributed by atoms with Crippen molar-refractivity contribution in [2.45, 2.75) is 12.5 Å². The van der Waals surface area contributed by atoms with E-state index in [1.807, 2.05) is 6.07 Å². The van der Waals surface area contributed by atoms with Crippen LogP contribution >= 0.6 is 15.9 Å². The molecule has 1 aliphatic rings. The summed E-state index contributed by atoms with van der Waals surface area (Å²) in [4.78, 5) is 2.30. The number of ether oxygens (including phenoxy) is 1. The number of benzene rings is 1.